The molecular weight excluding hydrogens is 243 g/mol. The van der Waals surface area contributed by atoms with Crippen LogP contribution in [0.3, 0.4) is 0 Å². The van der Waals surface area contributed by atoms with E-state index in [-0.39, 0.29) is 5.28 Å². The lowest BCUT2D eigenvalue weighted by molar-refractivity contribution is 1.17. The third-order valence-electron chi connectivity index (χ3n) is 1.74. The number of benzene rings is 1. The highest BCUT2D eigenvalue weighted by Crippen LogP contribution is 2.20. The lowest BCUT2D eigenvalue weighted by atomic mass is 10.1. The predicted molar refractivity (Wildman–Crippen MR) is 68.8 cm³/mol. The van der Waals surface area contributed by atoms with Gasteiger partial charge < -0.3 is 0 Å². The number of nitrogens with zero attached hydrogens (tertiary/aromatic N) is 2. The minimum absolute atomic E-state index is 0.163. The Labute approximate surface area is 105 Å². The Bertz CT molecular complexity index is 424. The fraction of sp³-hybridized carbons (Fsp3) is 0.167. The van der Waals surface area contributed by atoms with Gasteiger partial charge in [0.1, 0.15) is 5.15 Å². The predicted octanol–water partition coefficient (Wildman–Crippen LogP) is 4.48. The zero-order valence-corrected chi connectivity index (χ0v) is 10.6. The molecule has 2 nitrogen and oxygen atoms in total. The van der Waals surface area contributed by atoms with Crippen molar-refractivity contribution in [2.45, 2.75) is 13.8 Å². The van der Waals surface area contributed by atoms with E-state index in [1.54, 1.807) is 6.07 Å². The minimum Gasteiger partial charge on any atom is -0.218 e. The summed E-state index contributed by atoms with van der Waals surface area (Å²) < 4.78 is 0. The van der Waals surface area contributed by atoms with Gasteiger partial charge in [-0.1, -0.05) is 55.8 Å². The monoisotopic (exact) mass is 254 g/mol. The first kappa shape index (κ1) is 12.9. The molecule has 1 heterocycles. The number of rotatable bonds is 1. The molecular formula is C12H12Cl2N2. The molecule has 0 N–H and O–H groups in total. The highest BCUT2D eigenvalue weighted by Gasteiger charge is 2.02. The van der Waals surface area contributed by atoms with Crippen LogP contribution in [0.4, 0.5) is 0 Å². The quantitative estimate of drug-likeness (QED) is 0.554. The molecule has 0 atom stereocenters. The molecule has 0 unspecified atom stereocenters. The van der Waals surface area contributed by atoms with Crippen molar-refractivity contribution in [1.82, 2.24) is 9.97 Å². The standard InChI is InChI=1S/C10H6Cl2N2.C2H6/c11-9-6-8(13-10(12)14-9)7-4-2-1-3-5-7;1-2/h1-6H;1-2H3. The van der Waals surface area contributed by atoms with Crippen molar-refractivity contribution >= 4 is 23.2 Å². The highest BCUT2D eigenvalue weighted by molar-refractivity contribution is 6.32. The second-order valence-electron chi connectivity index (χ2n) is 2.71. The summed E-state index contributed by atoms with van der Waals surface area (Å²) in [6.45, 7) is 4.00. The molecule has 1 aromatic heterocycles. The second-order valence-corrected chi connectivity index (χ2v) is 3.44. The van der Waals surface area contributed by atoms with Crippen LogP contribution in [-0.4, -0.2) is 9.97 Å². The van der Waals surface area contributed by atoms with Gasteiger partial charge in [0.2, 0.25) is 5.28 Å². The lowest BCUT2D eigenvalue weighted by Gasteiger charge is -2.00. The normalized spacial score (nSPS) is 9.25. The Hall–Kier alpha value is -1.12. The molecule has 0 fully saturated rings. The third-order valence-corrected chi connectivity index (χ3v) is 2.10. The summed E-state index contributed by atoms with van der Waals surface area (Å²) in [5.41, 5.74) is 1.70. The molecule has 1 aromatic carbocycles. The first-order valence-electron chi connectivity index (χ1n) is 5.01. The van der Waals surface area contributed by atoms with Crippen molar-refractivity contribution in [2.24, 2.45) is 0 Å². The van der Waals surface area contributed by atoms with Gasteiger partial charge >= 0.3 is 0 Å². The Morgan fingerprint density at radius 2 is 1.56 bits per heavy atom. The van der Waals surface area contributed by atoms with E-state index >= 15 is 0 Å². The van der Waals surface area contributed by atoms with Gasteiger partial charge in [0, 0.05) is 11.6 Å². The molecule has 0 amide bonds. The van der Waals surface area contributed by atoms with Gasteiger partial charge in [-0.05, 0) is 11.6 Å². The lowest BCUT2D eigenvalue weighted by Crippen LogP contribution is -1.87. The summed E-state index contributed by atoms with van der Waals surface area (Å²) in [6.07, 6.45) is 0. The number of hydrogen-bond acceptors (Lipinski definition) is 2. The molecule has 16 heavy (non-hydrogen) atoms. The Morgan fingerprint density at radius 1 is 0.938 bits per heavy atom. The van der Waals surface area contributed by atoms with Crippen molar-refractivity contribution < 1.29 is 0 Å². The van der Waals surface area contributed by atoms with Gasteiger partial charge in [0.05, 0.1) is 5.69 Å². The van der Waals surface area contributed by atoms with Crippen LogP contribution in [-0.2, 0) is 0 Å². The van der Waals surface area contributed by atoms with E-state index in [0.29, 0.717) is 5.15 Å². The van der Waals surface area contributed by atoms with E-state index in [2.05, 4.69) is 9.97 Å². The maximum atomic E-state index is 5.76. The van der Waals surface area contributed by atoms with Crippen LogP contribution in [0.1, 0.15) is 13.8 Å². The van der Waals surface area contributed by atoms with Crippen LogP contribution in [0.15, 0.2) is 36.4 Å². The number of hydrogen-bond donors (Lipinski definition) is 0. The van der Waals surface area contributed by atoms with Crippen molar-refractivity contribution in [3.8, 4) is 11.3 Å². The van der Waals surface area contributed by atoms with E-state index < -0.39 is 0 Å². The van der Waals surface area contributed by atoms with E-state index in [4.69, 9.17) is 23.2 Å². The molecule has 0 aliphatic rings. The average molecular weight is 255 g/mol. The smallest absolute Gasteiger partial charge is 0.218 e. The van der Waals surface area contributed by atoms with Gasteiger partial charge in [-0.15, -0.1) is 0 Å². The molecule has 0 aliphatic heterocycles. The molecule has 0 radical (unpaired) electrons. The van der Waals surface area contributed by atoms with Gasteiger partial charge in [0.25, 0.3) is 0 Å². The zero-order chi connectivity index (χ0) is 12.0. The van der Waals surface area contributed by atoms with Crippen molar-refractivity contribution in [1.29, 1.82) is 0 Å². The first-order chi connectivity index (χ1) is 7.75. The largest absolute Gasteiger partial charge is 0.224 e. The maximum Gasteiger partial charge on any atom is 0.224 e. The van der Waals surface area contributed by atoms with E-state index in [1.807, 2.05) is 44.2 Å². The Balaban J connectivity index is 0.000000606. The summed E-state index contributed by atoms with van der Waals surface area (Å²) in [5, 5.41) is 0.514. The van der Waals surface area contributed by atoms with Gasteiger partial charge in [-0.25, -0.2) is 9.97 Å². The summed E-state index contributed by atoms with van der Waals surface area (Å²) in [6, 6.07) is 11.4. The van der Waals surface area contributed by atoms with Gasteiger partial charge in [0.15, 0.2) is 0 Å². The summed E-state index contributed by atoms with van der Waals surface area (Å²) in [4.78, 5) is 7.85. The summed E-state index contributed by atoms with van der Waals surface area (Å²) in [5.74, 6) is 0. The molecule has 0 aliphatic carbocycles. The topological polar surface area (TPSA) is 25.8 Å². The molecule has 0 saturated heterocycles. The zero-order valence-electron chi connectivity index (χ0n) is 9.11. The van der Waals surface area contributed by atoms with Gasteiger partial charge in [-0.3, -0.25) is 0 Å². The van der Waals surface area contributed by atoms with Crippen molar-refractivity contribution in [3.05, 3.63) is 46.8 Å². The third kappa shape index (κ3) is 3.47. The van der Waals surface area contributed by atoms with Crippen LogP contribution in [0, 0.1) is 0 Å². The molecule has 4 heteroatoms. The van der Waals surface area contributed by atoms with Crippen LogP contribution in [0.5, 0.6) is 0 Å². The summed E-state index contributed by atoms with van der Waals surface area (Å²) in [7, 11) is 0. The Kier molecular flexibility index (Phi) is 5.23. The minimum atomic E-state index is 0.163. The highest BCUT2D eigenvalue weighted by atomic mass is 35.5. The molecule has 0 spiro atoms. The number of halogens is 2. The van der Waals surface area contributed by atoms with E-state index in [0.717, 1.165) is 11.3 Å². The fourth-order valence-electron chi connectivity index (χ4n) is 1.15. The van der Waals surface area contributed by atoms with E-state index in [1.165, 1.54) is 0 Å². The van der Waals surface area contributed by atoms with Crippen LogP contribution in [0.25, 0.3) is 11.3 Å². The Morgan fingerprint density at radius 3 is 2.12 bits per heavy atom. The molecule has 0 saturated carbocycles. The molecule has 84 valence electrons. The van der Waals surface area contributed by atoms with Crippen LogP contribution in [0.2, 0.25) is 10.4 Å². The van der Waals surface area contributed by atoms with E-state index in [9.17, 15) is 0 Å². The SMILES string of the molecule is CC.Clc1cc(-c2ccccc2)nc(Cl)n1. The van der Waals surface area contributed by atoms with Crippen molar-refractivity contribution in [2.75, 3.05) is 0 Å². The average Bonchev–Trinajstić information content (AvgIpc) is 2.32. The van der Waals surface area contributed by atoms with Crippen LogP contribution < -0.4 is 0 Å². The van der Waals surface area contributed by atoms with Gasteiger partial charge in [-0.2, -0.15) is 0 Å². The van der Waals surface area contributed by atoms with Crippen molar-refractivity contribution in [3.63, 3.8) is 0 Å². The number of aromatic nitrogens is 2. The van der Waals surface area contributed by atoms with Crippen LogP contribution >= 0.6 is 23.2 Å². The first-order valence-corrected chi connectivity index (χ1v) is 5.77. The second kappa shape index (κ2) is 6.46. The molecule has 2 rings (SSSR count). The fourth-order valence-corrected chi connectivity index (χ4v) is 1.56. The molecule has 0 bridgehead atoms. The summed E-state index contributed by atoms with van der Waals surface area (Å²) >= 11 is 11.5. The molecule has 2 aromatic rings. The maximum absolute atomic E-state index is 5.76.